The first kappa shape index (κ1) is 15.3. The average Bonchev–Trinajstić information content (AvgIpc) is 2.56. The molecular formula is C14H28N2O2. The second kappa shape index (κ2) is 5.91. The largest absolute Gasteiger partial charge is 0.444 e. The number of rotatable bonds is 4. The van der Waals surface area contributed by atoms with Crippen molar-refractivity contribution < 1.29 is 9.53 Å². The van der Waals surface area contributed by atoms with Crippen LogP contribution in [-0.2, 0) is 4.74 Å². The van der Waals surface area contributed by atoms with Crippen LogP contribution in [0, 0.1) is 11.3 Å². The lowest BCUT2D eigenvalue weighted by molar-refractivity contribution is 0.0488. The third kappa shape index (κ3) is 4.16. The lowest BCUT2D eigenvalue weighted by atomic mass is 9.75. The Kier molecular flexibility index (Phi) is 5.02. The van der Waals surface area contributed by atoms with Gasteiger partial charge in [-0.3, -0.25) is 0 Å². The molecule has 1 amide bonds. The number of nitrogens with one attached hydrogen (secondary N) is 2. The SMILES string of the molecule is CCCC1(CNC(=O)OC(C)(C)C)CNCC1C. The fourth-order valence-corrected chi connectivity index (χ4v) is 2.65. The molecule has 1 rings (SSSR count). The number of hydrogen-bond donors (Lipinski definition) is 2. The maximum atomic E-state index is 11.7. The van der Waals surface area contributed by atoms with Gasteiger partial charge in [-0.15, -0.1) is 0 Å². The van der Waals surface area contributed by atoms with Crippen LogP contribution in [0.2, 0.25) is 0 Å². The zero-order valence-corrected chi connectivity index (χ0v) is 12.4. The number of ether oxygens (including phenoxy) is 1. The second-order valence-electron chi connectivity index (χ2n) is 6.50. The van der Waals surface area contributed by atoms with E-state index < -0.39 is 5.60 Å². The van der Waals surface area contributed by atoms with Crippen molar-refractivity contribution in [2.75, 3.05) is 19.6 Å². The quantitative estimate of drug-likeness (QED) is 0.812. The molecule has 1 heterocycles. The van der Waals surface area contributed by atoms with Gasteiger partial charge in [-0.25, -0.2) is 4.79 Å². The third-order valence-electron chi connectivity index (χ3n) is 3.70. The summed E-state index contributed by atoms with van der Waals surface area (Å²) in [4.78, 5) is 11.7. The van der Waals surface area contributed by atoms with Gasteiger partial charge < -0.3 is 15.4 Å². The zero-order valence-electron chi connectivity index (χ0n) is 12.4. The van der Waals surface area contributed by atoms with Gasteiger partial charge in [-0.2, -0.15) is 0 Å². The molecule has 1 aliphatic heterocycles. The number of hydrogen-bond acceptors (Lipinski definition) is 3. The molecule has 2 unspecified atom stereocenters. The highest BCUT2D eigenvalue weighted by molar-refractivity contribution is 5.67. The van der Waals surface area contributed by atoms with Gasteiger partial charge in [0.15, 0.2) is 0 Å². The predicted molar refractivity (Wildman–Crippen MR) is 73.6 cm³/mol. The molecule has 4 nitrogen and oxygen atoms in total. The molecule has 0 aromatic rings. The molecule has 0 aliphatic carbocycles. The first-order valence-corrected chi connectivity index (χ1v) is 6.97. The fraction of sp³-hybridized carbons (Fsp3) is 0.929. The van der Waals surface area contributed by atoms with Gasteiger partial charge in [-0.05, 0) is 39.7 Å². The van der Waals surface area contributed by atoms with Gasteiger partial charge in [-0.1, -0.05) is 20.3 Å². The molecule has 0 spiro atoms. The van der Waals surface area contributed by atoms with Crippen molar-refractivity contribution in [3.05, 3.63) is 0 Å². The van der Waals surface area contributed by atoms with Crippen molar-refractivity contribution in [2.45, 2.75) is 53.1 Å². The monoisotopic (exact) mass is 256 g/mol. The van der Waals surface area contributed by atoms with Gasteiger partial charge in [0.1, 0.15) is 5.60 Å². The normalized spacial score (nSPS) is 28.2. The van der Waals surface area contributed by atoms with Gasteiger partial charge in [0.25, 0.3) is 0 Å². The van der Waals surface area contributed by atoms with E-state index in [-0.39, 0.29) is 11.5 Å². The fourth-order valence-electron chi connectivity index (χ4n) is 2.65. The molecule has 0 aromatic carbocycles. The van der Waals surface area contributed by atoms with Gasteiger partial charge in [0, 0.05) is 18.5 Å². The summed E-state index contributed by atoms with van der Waals surface area (Å²) in [6.45, 7) is 12.8. The van der Waals surface area contributed by atoms with E-state index in [1.165, 1.54) is 0 Å². The smallest absolute Gasteiger partial charge is 0.407 e. The molecule has 4 heteroatoms. The minimum atomic E-state index is -0.429. The van der Waals surface area contributed by atoms with Crippen molar-refractivity contribution in [1.82, 2.24) is 10.6 Å². The maximum Gasteiger partial charge on any atom is 0.407 e. The van der Waals surface area contributed by atoms with Crippen molar-refractivity contribution in [2.24, 2.45) is 11.3 Å². The first-order valence-electron chi connectivity index (χ1n) is 6.97. The summed E-state index contributed by atoms with van der Waals surface area (Å²) in [5.74, 6) is 0.590. The van der Waals surface area contributed by atoms with E-state index >= 15 is 0 Å². The summed E-state index contributed by atoms with van der Waals surface area (Å²) in [6.07, 6.45) is 1.97. The molecule has 2 N–H and O–H groups in total. The number of carbonyl (C=O) groups excluding carboxylic acids is 1. The Labute approximate surface area is 111 Å². The lowest BCUT2D eigenvalue weighted by Crippen LogP contribution is -2.43. The number of amides is 1. The van der Waals surface area contributed by atoms with Crippen LogP contribution in [0.1, 0.15) is 47.5 Å². The summed E-state index contributed by atoms with van der Waals surface area (Å²) in [5, 5.41) is 6.36. The number of carbonyl (C=O) groups is 1. The molecule has 106 valence electrons. The third-order valence-corrected chi connectivity index (χ3v) is 3.70. The first-order chi connectivity index (χ1) is 8.29. The van der Waals surface area contributed by atoms with E-state index in [4.69, 9.17) is 4.74 Å². The van der Waals surface area contributed by atoms with Crippen LogP contribution in [0.4, 0.5) is 4.79 Å². The Hall–Kier alpha value is -0.770. The Bertz CT molecular complexity index is 286. The Morgan fingerprint density at radius 3 is 2.61 bits per heavy atom. The summed E-state index contributed by atoms with van der Waals surface area (Å²) in [6, 6.07) is 0. The highest BCUT2D eigenvalue weighted by Crippen LogP contribution is 2.35. The van der Waals surface area contributed by atoms with Crippen molar-refractivity contribution in [1.29, 1.82) is 0 Å². The molecule has 1 aliphatic rings. The minimum Gasteiger partial charge on any atom is -0.444 e. The van der Waals surface area contributed by atoms with Crippen molar-refractivity contribution >= 4 is 6.09 Å². The zero-order chi connectivity index (χ0) is 13.8. The minimum absolute atomic E-state index is 0.186. The van der Waals surface area contributed by atoms with Gasteiger partial charge in [0.05, 0.1) is 0 Å². The van der Waals surface area contributed by atoms with E-state index in [2.05, 4.69) is 24.5 Å². The van der Waals surface area contributed by atoms with E-state index in [1.54, 1.807) is 0 Å². The maximum absolute atomic E-state index is 11.7. The van der Waals surface area contributed by atoms with E-state index in [1.807, 2.05) is 20.8 Å². The summed E-state index contributed by atoms with van der Waals surface area (Å²) < 4.78 is 5.29. The van der Waals surface area contributed by atoms with Gasteiger partial charge >= 0.3 is 6.09 Å². The van der Waals surface area contributed by atoms with Gasteiger partial charge in [0.2, 0.25) is 0 Å². The standard InChI is InChI=1S/C14H28N2O2/c1-6-7-14(9-15-8-11(14)2)10-16-12(17)18-13(3,4)5/h11,15H,6-10H2,1-5H3,(H,16,17). The van der Waals surface area contributed by atoms with Crippen LogP contribution in [0.3, 0.4) is 0 Å². The van der Waals surface area contributed by atoms with E-state index in [0.29, 0.717) is 12.5 Å². The lowest BCUT2D eigenvalue weighted by Gasteiger charge is -2.33. The van der Waals surface area contributed by atoms with Crippen molar-refractivity contribution in [3.63, 3.8) is 0 Å². The molecule has 0 bridgehead atoms. The highest BCUT2D eigenvalue weighted by Gasteiger charge is 2.39. The number of alkyl carbamates (subject to hydrolysis) is 1. The van der Waals surface area contributed by atoms with Crippen LogP contribution in [0.5, 0.6) is 0 Å². The Morgan fingerprint density at radius 2 is 2.17 bits per heavy atom. The van der Waals surface area contributed by atoms with E-state index in [9.17, 15) is 4.79 Å². The molecule has 1 fully saturated rings. The molecule has 0 radical (unpaired) electrons. The average molecular weight is 256 g/mol. The summed E-state index contributed by atoms with van der Waals surface area (Å²) in [5.41, 5.74) is -0.243. The highest BCUT2D eigenvalue weighted by atomic mass is 16.6. The topological polar surface area (TPSA) is 50.4 Å². The van der Waals surface area contributed by atoms with Crippen LogP contribution < -0.4 is 10.6 Å². The van der Waals surface area contributed by atoms with Crippen LogP contribution in [0.25, 0.3) is 0 Å². The van der Waals surface area contributed by atoms with Crippen molar-refractivity contribution in [3.8, 4) is 0 Å². The molecule has 18 heavy (non-hydrogen) atoms. The predicted octanol–water partition coefficient (Wildman–Crippen LogP) is 2.54. The molecule has 1 saturated heterocycles. The summed E-state index contributed by atoms with van der Waals surface area (Å²) in [7, 11) is 0. The Morgan fingerprint density at radius 1 is 1.50 bits per heavy atom. The van der Waals surface area contributed by atoms with Crippen LogP contribution in [0.15, 0.2) is 0 Å². The van der Waals surface area contributed by atoms with Crippen LogP contribution >= 0.6 is 0 Å². The second-order valence-corrected chi connectivity index (χ2v) is 6.50. The molecular weight excluding hydrogens is 228 g/mol. The molecule has 0 aromatic heterocycles. The Balaban J connectivity index is 2.51. The summed E-state index contributed by atoms with van der Waals surface area (Å²) >= 11 is 0. The molecule has 2 atom stereocenters. The van der Waals surface area contributed by atoms with Crippen LogP contribution in [-0.4, -0.2) is 31.3 Å². The van der Waals surface area contributed by atoms with E-state index in [0.717, 1.165) is 25.9 Å². The molecule has 0 saturated carbocycles.